The fourth-order valence-corrected chi connectivity index (χ4v) is 3.91. The van der Waals surface area contributed by atoms with Gasteiger partial charge in [-0.3, -0.25) is 0 Å². The van der Waals surface area contributed by atoms with E-state index < -0.39 is 18.1 Å². The van der Waals surface area contributed by atoms with Crippen LogP contribution in [-0.2, 0) is 16.0 Å². The lowest BCUT2D eigenvalue weighted by molar-refractivity contribution is -0.139. The van der Waals surface area contributed by atoms with Crippen LogP contribution in [0.5, 0.6) is 0 Å². The third-order valence-electron chi connectivity index (χ3n) is 5.36. The molecule has 0 fully saturated rings. The van der Waals surface area contributed by atoms with Gasteiger partial charge < -0.3 is 15.2 Å². The van der Waals surface area contributed by atoms with Crippen LogP contribution in [0.4, 0.5) is 4.79 Å². The van der Waals surface area contributed by atoms with Crippen LogP contribution in [0.15, 0.2) is 66.9 Å². The molecule has 0 bridgehead atoms. The van der Waals surface area contributed by atoms with Crippen molar-refractivity contribution in [2.75, 3.05) is 6.61 Å². The number of carboxylic acids is 1. The number of aromatic nitrogens is 1. The van der Waals surface area contributed by atoms with E-state index in [2.05, 4.69) is 10.3 Å². The number of carboxylic acid groups (broad SMARTS) is 1. The molecule has 1 amide bonds. The fourth-order valence-electron chi connectivity index (χ4n) is 3.91. The minimum Gasteiger partial charge on any atom is -0.480 e. The number of alkyl carbamates (subject to hydrolysis) is 1. The molecule has 1 aliphatic carbocycles. The maximum Gasteiger partial charge on any atom is 0.407 e. The van der Waals surface area contributed by atoms with E-state index >= 15 is 0 Å². The van der Waals surface area contributed by atoms with Crippen LogP contribution >= 0.6 is 0 Å². The molecular weight excluding hydrogens is 394 g/mol. The quantitative estimate of drug-likeness (QED) is 0.640. The molecule has 2 N–H and O–H groups in total. The number of hydrogen-bond acceptors (Lipinski definition) is 5. The summed E-state index contributed by atoms with van der Waals surface area (Å²) in [6.07, 6.45) is 0.559. The van der Waals surface area contributed by atoms with Gasteiger partial charge in [-0.2, -0.15) is 5.26 Å². The number of amides is 1. The summed E-state index contributed by atoms with van der Waals surface area (Å²) < 4.78 is 5.42. The molecule has 7 nitrogen and oxygen atoms in total. The molecule has 1 aromatic heterocycles. The van der Waals surface area contributed by atoms with E-state index in [4.69, 9.17) is 10.00 Å². The molecule has 1 aliphatic rings. The van der Waals surface area contributed by atoms with Gasteiger partial charge in [-0.1, -0.05) is 54.6 Å². The molecule has 1 heterocycles. The van der Waals surface area contributed by atoms with Crippen molar-refractivity contribution in [3.8, 4) is 17.2 Å². The molecule has 154 valence electrons. The Balaban J connectivity index is 1.45. The lowest BCUT2D eigenvalue weighted by Gasteiger charge is -2.17. The Hall–Kier alpha value is -4.18. The Bertz CT molecular complexity index is 1140. The summed E-state index contributed by atoms with van der Waals surface area (Å²) in [6, 6.07) is 19.8. The summed E-state index contributed by atoms with van der Waals surface area (Å²) >= 11 is 0. The molecular formula is C24H19N3O4. The highest BCUT2D eigenvalue weighted by molar-refractivity contribution is 5.81. The molecule has 0 saturated heterocycles. The highest BCUT2D eigenvalue weighted by Crippen LogP contribution is 2.44. The molecule has 0 aliphatic heterocycles. The molecule has 1 atom stereocenters. The first-order chi connectivity index (χ1) is 15.1. The molecule has 0 radical (unpaired) electrons. The zero-order chi connectivity index (χ0) is 21.8. The molecule has 0 unspecified atom stereocenters. The van der Waals surface area contributed by atoms with E-state index in [1.807, 2.05) is 54.6 Å². The van der Waals surface area contributed by atoms with E-state index in [0.717, 1.165) is 22.3 Å². The van der Waals surface area contributed by atoms with E-state index in [1.165, 1.54) is 6.20 Å². The van der Waals surface area contributed by atoms with Gasteiger partial charge in [0.15, 0.2) is 0 Å². The second-order valence-corrected chi connectivity index (χ2v) is 7.19. The Kier molecular flexibility index (Phi) is 5.63. The first-order valence-electron chi connectivity index (χ1n) is 9.76. The van der Waals surface area contributed by atoms with Crippen molar-refractivity contribution >= 4 is 12.1 Å². The Morgan fingerprint density at radius 2 is 1.71 bits per heavy atom. The third-order valence-corrected chi connectivity index (χ3v) is 5.36. The summed E-state index contributed by atoms with van der Waals surface area (Å²) in [6.45, 7) is 0.0859. The third kappa shape index (κ3) is 4.09. The van der Waals surface area contributed by atoms with Crippen molar-refractivity contribution in [1.82, 2.24) is 10.3 Å². The number of rotatable bonds is 6. The number of nitrogens with zero attached hydrogens (tertiary/aromatic N) is 2. The summed E-state index contributed by atoms with van der Waals surface area (Å²) in [5.74, 6) is -1.34. The van der Waals surface area contributed by atoms with Gasteiger partial charge in [-0.15, -0.1) is 0 Å². The van der Waals surface area contributed by atoms with Crippen LogP contribution in [-0.4, -0.2) is 34.8 Å². The predicted molar refractivity (Wildman–Crippen MR) is 112 cm³/mol. The molecule has 4 rings (SSSR count). The van der Waals surface area contributed by atoms with Crippen molar-refractivity contribution in [1.29, 1.82) is 5.26 Å². The van der Waals surface area contributed by atoms with Gasteiger partial charge in [0.05, 0.1) is 0 Å². The Morgan fingerprint density at radius 3 is 2.32 bits per heavy atom. The molecule has 0 saturated carbocycles. The summed E-state index contributed by atoms with van der Waals surface area (Å²) in [4.78, 5) is 28.0. The fraction of sp³-hybridized carbons (Fsp3) is 0.167. The lowest BCUT2D eigenvalue weighted by atomic mass is 9.98. The average molecular weight is 413 g/mol. The van der Waals surface area contributed by atoms with E-state index in [9.17, 15) is 14.7 Å². The number of nitriles is 1. The summed E-state index contributed by atoms with van der Waals surface area (Å²) in [5.41, 5.74) is 4.92. The van der Waals surface area contributed by atoms with Crippen molar-refractivity contribution in [3.63, 3.8) is 0 Å². The number of hydrogen-bond donors (Lipinski definition) is 2. The Morgan fingerprint density at radius 1 is 1.06 bits per heavy atom. The van der Waals surface area contributed by atoms with Gasteiger partial charge in [0, 0.05) is 18.5 Å². The molecule has 3 aromatic rings. The largest absolute Gasteiger partial charge is 0.480 e. The number of ether oxygens (including phenoxy) is 1. The zero-order valence-electron chi connectivity index (χ0n) is 16.5. The number of carbonyl (C=O) groups excluding carboxylic acids is 1. The van der Waals surface area contributed by atoms with Crippen LogP contribution in [0.25, 0.3) is 11.1 Å². The zero-order valence-corrected chi connectivity index (χ0v) is 16.5. The normalized spacial score (nSPS) is 12.9. The first kappa shape index (κ1) is 20.1. The van der Waals surface area contributed by atoms with Gasteiger partial charge in [-0.05, 0) is 33.9 Å². The summed E-state index contributed by atoms with van der Waals surface area (Å²) in [5, 5.41) is 21.0. The van der Waals surface area contributed by atoms with E-state index in [0.29, 0.717) is 5.56 Å². The maximum absolute atomic E-state index is 12.4. The van der Waals surface area contributed by atoms with E-state index in [1.54, 1.807) is 12.1 Å². The van der Waals surface area contributed by atoms with Gasteiger partial charge in [0.25, 0.3) is 0 Å². The number of carbonyl (C=O) groups is 2. The average Bonchev–Trinajstić information content (AvgIpc) is 3.11. The summed E-state index contributed by atoms with van der Waals surface area (Å²) in [7, 11) is 0. The molecule has 2 aromatic carbocycles. The van der Waals surface area contributed by atoms with Crippen LogP contribution in [0, 0.1) is 11.3 Å². The number of pyridine rings is 1. The topological polar surface area (TPSA) is 112 Å². The monoisotopic (exact) mass is 413 g/mol. The van der Waals surface area contributed by atoms with Crippen LogP contribution in [0.2, 0.25) is 0 Å². The molecule has 0 spiro atoms. The lowest BCUT2D eigenvalue weighted by Crippen LogP contribution is -2.43. The second kappa shape index (κ2) is 8.67. The highest BCUT2D eigenvalue weighted by Gasteiger charge is 2.30. The van der Waals surface area contributed by atoms with Crippen molar-refractivity contribution in [2.45, 2.75) is 18.4 Å². The first-order valence-corrected chi connectivity index (χ1v) is 9.76. The second-order valence-electron chi connectivity index (χ2n) is 7.19. The smallest absolute Gasteiger partial charge is 0.407 e. The predicted octanol–water partition coefficient (Wildman–Crippen LogP) is 3.49. The maximum atomic E-state index is 12.4. The van der Waals surface area contributed by atoms with Crippen LogP contribution < -0.4 is 5.32 Å². The Labute approximate surface area is 178 Å². The van der Waals surface area contributed by atoms with Crippen molar-refractivity contribution in [2.24, 2.45) is 0 Å². The molecule has 31 heavy (non-hydrogen) atoms. The van der Waals surface area contributed by atoms with E-state index in [-0.39, 0.29) is 24.6 Å². The molecule has 7 heteroatoms. The van der Waals surface area contributed by atoms with Gasteiger partial charge in [0.2, 0.25) is 0 Å². The SMILES string of the molecule is N#Cc1ncccc1C[C@H](NC(=O)OCC1c2ccccc2-c2ccccc21)C(=O)O. The van der Waals surface area contributed by atoms with Crippen LogP contribution in [0.3, 0.4) is 0 Å². The number of aliphatic carboxylic acids is 1. The number of fused-ring (bicyclic) bond motifs is 3. The van der Waals surface area contributed by atoms with Crippen LogP contribution in [0.1, 0.15) is 28.3 Å². The minimum atomic E-state index is -1.24. The van der Waals surface area contributed by atoms with Gasteiger partial charge in [0.1, 0.15) is 24.4 Å². The minimum absolute atomic E-state index is 0.0732. The van der Waals surface area contributed by atoms with Gasteiger partial charge >= 0.3 is 12.1 Å². The number of benzene rings is 2. The van der Waals surface area contributed by atoms with Gasteiger partial charge in [-0.25, -0.2) is 14.6 Å². The standard InChI is InChI=1S/C24H19N3O4/c25-13-22-15(6-5-11-26-22)12-21(23(28)29)27-24(30)31-14-20-18-9-3-1-7-16(18)17-8-2-4-10-19(17)20/h1-11,20-21H,12,14H2,(H,27,30)(H,28,29)/t21-/m0/s1. The highest BCUT2D eigenvalue weighted by atomic mass is 16.5. The van der Waals surface area contributed by atoms with Crippen molar-refractivity contribution < 1.29 is 19.4 Å². The number of nitrogens with one attached hydrogen (secondary N) is 1. The van der Waals surface area contributed by atoms with Crippen molar-refractivity contribution in [3.05, 3.63) is 89.2 Å².